The number of ether oxygens (including phenoxy) is 3. The van der Waals surface area contributed by atoms with Gasteiger partial charge in [-0.2, -0.15) is 0 Å². The molecule has 3 heterocycles. The maximum Gasteiger partial charge on any atom is 0.420 e. The average molecular weight is 462 g/mol. The lowest BCUT2D eigenvalue weighted by Gasteiger charge is -2.20. The molecule has 0 unspecified atom stereocenters. The molecule has 0 radical (unpaired) electrons. The first-order valence-electron chi connectivity index (χ1n) is 10.8. The van der Waals surface area contributed by atoms with Crippen molar-refractivity contribution < 1.29 is 28.2 Å². The first kappa shape index (κ1) is 21.6. The zero-order valence-electron chi connectivity index (χ0n) is 18.7. The van der Waals surface area contributed by atoms with Crippen molar-refractivity contribution >= 4 is 22.9 Å². The fraction of sp³-hybridized carbons (Fsp3) is 0.240. The lowest BCUT2D eigenvalue weighted by molar-refractivity contribution is -0.143. The molecule has 9 nitrogen and oxygen atoms in total. The molecule has 174 valence electrons. The predicted molar refractivity (Wildman–Crippen MR) is 122 cm³/mol. The van der Waals surface area contributed by atoms with Crippen LogP contribution in [-0.4, -0.2) is 40.7 Å². The summed E-state index contributed by atoms with van der Waals surface area (Å²) in [5.74, 6) is -0.366. The van der Waals surface area contributed by atoms with E-state index in [4.69, 9.17) is 18.6 Å². The maximum atomic E-state index is 12.9. The van der Waals surface area contributed by atoms with Gasteiger partial charge in [-0.25, -0.2) is 4.79 Å². The van der Waals surface area contributed by atoms with Gasteiger partial charge in [-0.05, 0) is 44.2 Å². The first-order chi connectivity index (χ1) is 16.4. The van der Waals surface area contributed by atoms with Crippen molar-refractivity contribution in [3.63, 3.8) is 0 Å². The second kappa shape index (κ2) is 8.58. The van der Waals surface area contributed by atoms with Crippen molar-refractivity contribution in [1.82, 2.24) is 9.13 Å². The van der Waals surface area contributed by atoms with Gasteiger partial charge in [0, 0.05) is 28.7 Å². The summed E-state index contributed by atoms with van der Waals surface area (Å²) in [7, 11) is 0. The van der Waals surface area contributed by atoms with E-state index in [1.165, 1.54) is 4.57 Å². The fourth-order valence-electron chi connectivity index (χ4n) is 4.18. The highest BCUT2D eigenvalue weighted by Gasteiger charge is 2.21. The predicted octanol–water partition coefficient (Wildman–Crippen LogP) is 3.20. The van der Waals surface area contributed by atoms with Crippen molar-refractivity contribution in [2.75, 3.05) is 19.8 Å². The number of benzene rings is 2. The molecular weight excluding hydrogens is 440 g/mol. The van der Waals surface area contributed by atoms with Crippen molar-refractivity contribution in [3.8, 4) is 17.2 Å². The minimum absolute atomic E-state index is 0.338. The number of hydrogen-bond donors (Lipinski definition) is 0. The Labute approximate surface area is 194 Å². The lowest BCUT2D eigenvalue weighted by Crippen LogP contribution is -2.23. The summed E-state index contributed by atoms with van der Waals surface area (Å²) < 4.78 is 24.7. The van der Waals surface area contributed by atoms with E-state index in [1.807, 2.05) is 36.6 Å². The van der Waals surface area contributed by atoms with Crippen LogP contribution < -0.4 is 15.2 Å². The zero-order valence-corrected chi connectivity index (χ0v) is 18.7. The van der Waals surface area contributed by atoms with E-state index in [2.05, 4.69) is 0 Å². The topological polar surface area (TPSA) is 102 Å². The van der Waals surface area contributed by atoms with Gasteiger partial charge in [0.15, 0.2) is 23.7 Å². The number of nitrogens with zero attached hydrogens (tertiary/aromatic N) is 2. The van der Waals surface area contributed by atoms with E-state index in [0.29, 0.717) is 47.1 Å². The number of ketones is 1. The standard InChI is InChI=1S/C25H22N2O7/c1-15-11-18(16(2)27(15)17-7-8-22-23(12-17)32-10-9-31-22)20(28)14-33-24(29)13-26-19-5-3-4-6-21(19)34-25(26)30/h3-8,11-12H,9-10,13-14H2,1-2H3. The average Bonchev–Trinajstić information content (AvgIpc) is 3.32. The number of Topliss-reactive ketones (excluding diaryl/α,β-unsaturated/α-hetero) is 1. The second-order valence-corrected chi connectivity index (χ2v) is 7.95. The van der Waals surface area contributed by atoms with Gasteiger partial charge in [-0.1, -0.05) is 12.1 Å². The van der Waals surface area contributed by atoms with E-state index < -0.39 is 18.3 Å². The second-order valence-electron chi connectivity index (χ2n) is 7.95. The molecule has 0 saturated heterocycles. The molecule has 0 spiro atoms. The van der Waals surface area contributed by atoms with Crippen molar-refractivity contribution in [1.29, 1.82) is 0 Å². The lowest BCUT2D eigenvalue weighted by atomic mass is 10.1. The number of aryl methyl sites for hydroxylation is 1. The quantitative estimate of drug-likeness (QED) is 0.320. The summed E-state index contributed by atoms with van der Waals surface area (Å²) in [4.78, 5) is 37.3. The zero-order chi connectivity index (χ0) is 23.8. The van der Waals surface area contributed by atoms with Gasteiger partial charge in [0.2, 0.25) is 5.78 Å². The Balaban J connectivity index is 1.30. The van der Waals surface area contributed by atoms with Crippen LogP contribution >= 0.6 is 0 Å². The van der Waals surface area contributed by atoms with Crippen LogP contribution in [0.3, 0.4) is 0 Å². The van der Waals surface area contributed by atoms with E-state index in [1.54, 1.807) is 30.3 Å². The van der Waals surface area contributed by atoms with Crippen molar-refractivity contribution in [2.24, 2.45) is 0 Å². The Kier molecular flexibility index (Phi) is 5.45. The Morgan fingerprint density at radius 2 is 1.76 bits per heavy atom. The van der Waals surface area contributed by atoms with Gasteiger partial charge < -0.3 is 23.2 Å². The molecule has 0 bridgehead atoms. The Bertz CT molecular complexity index is 1470. The van der Waals surface area contributed by atoms with Gasteiger partial charge in [0.1, 0.15) is 19.8 Å². The number of carbonyl (C=O) groups is 2. The SMILES string of the molecule is Cc1cc(C(=O)COC(=O)Cn2c(=O)oc3ccccc32)c(C)n1-c1ccc2c(c1)OCCO2. The van der Waals surface area contributed by atoms with E-state index in [-0.39, 0.29) is 12.3 Å². The molecule has 5 rings (SSSR count). The molecule has 4 aromatic rings. The number of rotatable bonds is 6. The maximum absolute atomic E-state index is 12.9. The van der Waals surface area contributed by atoms with E-state index in [0.717, 1.165) is 11.4 Å². The molecule has 0 amide bonds. The number of para-hydroxylation sites is 2. The molecule has 1 aliphatic rings. The third-order valence-electron chi connectivity index (χ3n) is 5.74. The first-order valence-corrected chi connectivity index (χ1v) is 10.8. The number of fused-ring (bicyclic) bond motifs is 2. The van der Waals surface area contributed by atoms with Crippen LogP contribution in [0.1, 0.15) is 21.7 Å². The Morgan fingerprint density at radius 1 is 1.00 bits per heavy atom. The summed E-state index contributed by atoms with van der Waals surface area (Å²) in [6.45, 7) is 3.93. The monoisotopic (exact) mass is 462 g/mol. The van der Waals surface area contributed by atoms with Crippen LogP contribution in [0.25, 0.3) is 16.8 Å². The highest BCUT2D eigenvalue weighted by Crippen LogP contribution is 2.33. The Morgan fingerprint density at radius 3 is 2.59 bits per heavy atom. The van der Waals surface area contributed by atoms with Gasteiger partial charge in [-0.3, -0.25) is 14.2 Å². The summed E-state index contributed by atoms with van der Waals surface area (Å²) >= 11 is 0. The number of hydrogen-bond acceptors (Lipinski definition) is 7. The highest BCUT2D eigenvalue weighted by atomic mass is 16.6. The molecule has 34 heavy (non-hydrogen) atoms. The van der Waals surface area contributed by atoms with Crippen molar-refractivity contribution in [2.45, 2.75) is 20.4 Å². The van der Waals surface area contributed by atoms with Crippen LogP contribution in [0, 0.1) is 13.8 Å². The third kappa shape index (κ3) is 3.85. The molecule has 0 atom stereocenters. The van der Waals surface area contributed by atoms with Gasteiger partial charge in [0.05, 0.1) is 5.52 Å². The Hall–Kier alpha value is -4.27. The molecule has 0 saturated carbocycles. The summed E-state index contributed by atoms with van der Waals surface area (Å²) in [5, 5.41) is 0. The summed E-state index contributed by atoms with van der Waals surface area (Å²) in [5.41, 5.74) is 3.71. The molecule has 1 aliphatic heterocycles. The summed E-state index contributed by atoms with van der Waals surface area (Å²) in [6.07, 6.45) is 0. The van der Waals surface area contributed by atoms with Gasteiger partial charge >= 0.3 is 11.7 Å². The van der Waals surface area contributed by atoms with Crippen LogP contribution in [-0.2, 0) is 16.1 Å². The smallest absolute Gasteiger partial charge is 0.420 e. The van der Waals surface area contributed by atoms with Crippen LogP contribution in [0.5, 0.6) is 11.5 Å². The number of oxazole rings is 1. The molecule has 0 aliphatic carbocycles. The molecular formula is C25H22N2O7. The van der Waals surface area contributed by atoms with E-state index >= 15 is 0 Å². The van der Waals surface area contributed by atoms with Gasteiger partial charge in [-0.15, -0.1) is 0 Å². The van der Waals surface area contributed by atoms with Crippen LogP contribution in [0.15, 0.2) is 57.7 Å². The largest absolute Gasteiger partial charge is 0.486 e. The number of carbonyl (C=O) groups excluding carboxylic acids is 2. The fourth-order valence-corrected chi connectivity index (χ4v) is 4.18. The highest BCUT2D eigenvalue weighted by molar-refractivity contribution is 5.99. The molecule has 2 aromatic carbocycles. The third-order valence-corrected chi connectivity index (χ3v) is 5.74. The van der Waals surface area contributed by atoms with Gasteiger partial charge in [0.25, 0.3) is 0 Å². The van der Waals surface area contributed by atoms with Crippen LogP contribution in [0.2, 0.25) is 0 Å². The minimum atomic E-state index is -0.706. The number of esters is 1. The summed E-state index contributed by atoms with van der Waals surface area (Å²) in [6, 6.07) is 14.1. The molecule has 0 N–H and O–H groups in total. The normalized spacial score (nSPS) is 12.6. The van der Waals surface area contributed by atoms with E-state index in [9.17, 15) is 14.4 Å². The molecule has 2 aromatic heterocycles. The molecule has 0 fully saturated rings. The minimum Gasteiger partial charge on any atom is -0.486 e. The number of aromatic nitrogens is 2. The van der Waals surface area contributed by atoms with Crippen molar-refractivity contribution in [3.05, 3.63) is 76.0 Å². The van der Waals surface area contributed by atoms with Crippen LogP contribution in [0.4, 0.5) is 0 Å². The molecule has 9 heteroatoms.